The smallest absolute Gasteiger partial charge is 0.0909 e. The fourth-order valence-electron chi connectivity index (χ4n) is 2.15. The molecule has 1 fully saturated rings. The maximum Gasteiger partial charge on any atom is 0.0909 e. The van der Waals surface area contributed by atoms with Gasteiger partial charge in [0.05, 0.1) is 11.7 Å². The van der Waals surface area contributed by atoms with Gasteiger partial charge in [-0.2, -0.15) is 0 Å². The minimum Gasteiger partial charge on any atom is -0.314 e. The highest BCUT2D eigenvalue weighted by Crippen LogP contribution is 2.11. The van der Waals surface area contributed by atoms with E-state index in [1.54, 1.807) is 0 Å². The number of rotatable bonds is 2. The lowest BCUT2D eigenvalue weighted by atomic mass is 10.2. The first-order valence-corrected chi connectivity index (χ1v) is 5.64. The van der Waals surface area contributed by atoms with E-state index < -0.39 is 0 Å². The first-order valence-electron chi connectivity index (χ1n) is 5.64. The highest BCUT2D eigenvalue weighted by Gasteiger charge is 2.11. The van der Waals surface area contributed by atoms with Gasteiger partial charge in [-0.15, -0.1) is 5.10 Å². The molecule has 16 heavy (non-hydrogen) atoms. The summed E-state index contributed by atoms with van der Waals surface area (Å²) in [4.78, 5) is 2.46. The summed E-state index contributed by atoms with van der Waals surface area (Å²) in [7, 11) is 0. The summed E-state index contributed by atoms with van der Waals surface area (Å²) in [5.74, 6) is 0. The van der Waals surface area contributed by atoms with E-state index in [0.717, 1.165) is 38.2 Å². The van der Waals surface area contributed by atoms with Crippen LogP contribution in [0.5, 0.6) is 0 Å². The largest absolute Gasteiger partial charge is 0.314 e. The van der Waals surface area contributed by atoms with Crippen LogP contribution in [0.25, 0.3) is 5.52 Å². The van der Waals surface area contributed by atoms with Crippen molar-refractivity contribution in [3.63, 3.8) is 0 Å². The van der Waals surface area contributed by atoms with Gasteiger partial charge in [-0.05, 0) is 11.6 Å². The molecule has 2 aromatic heterocycles. The molecular formula is C11H15N5. The monoisotopic (exact) mass is 217 g/mol. The third kappa shape index (κ3) is 1.79. The van der Waals surface area contributed by atoms with Crippen molar-refractivity contribution in [2.45, 2.75) is 6.54 Å². The van der Waals surface area contributed by atoms with Gasteiger partial charge in [0, 0.05) is 38.9 Å². The second-order valence-corrected chi connectivity index (χ2v) is 4.12. The SMILES string of the molecule is c1cc(CN2CCNCC2)c2cnnn2c1. The molecule has 1 aliphatic heterocycles. The van der Waals surface area contributed by atoms with E-state index >= 15 is 0 Å². The molecule has 3 rings (SSSR count). The van der Waals surface area contributed by atoms with Gasteiger partial charge in [-0.3, -0.25) is 4.90 Å². The fourth-order valence-corrected chi connectivity index (χ4v) is 2.15. The van der Waals surface area contributed by atoms with Crippen molar-refractivity contribution in [3.05, 3.63) is 30.1 Å². The lowest BCUT2D eigenvalue weighted by Crippen LogP contribution is -2.42. The summed E-state index contributed by atoms with van der Waals surface area (Å²) in [6.45, 7) is 5.38. The van der Waals surface area contributed by atoms with Gasteiger partial charge in [0.25, 0.3) is 0 Å². The van der Waals surface area contributed by atoms with Crippen LogP contribution in [0.3, 0.4) is 0 Å². The van der Waals surface area contributed by atoms with Gasteiger partial charge in [-0.1, -0.05) is 11.3 Å². The van der Waals surface area contributed by atoms with Crippen molar-refractivity contribution < 1.29 is 0 Å². The number of fused-ring (bicyclic) bond motifs is 1. The molecule has 2 aromatic rings. The van der Waals surface area contributed by atoms with Crippen molar-refractivity contribution in [3.8, 4) is 0 Å². The Balaban J connectivity index is 1.85. The van der Waals surface area contributed by atoms with Crippen LogP contribution in [0.2, 0.25) is 0 Å². The third-order valence-electron chi connectivity index (χ3n) is 3.03. The van der Waals surface area contributed by atoms with E-state index in [0.29, 0.717) is 0 Å². The number of pyridine rings is 1. The number of nitrogens with one attached hydrogen (secondary N) is 1. The van der Waals surface area contributed by atoms with Gasteiger partial charge >= 0.3 is 0 Å². The van der Waals surface area contributed by atoms with Crippen LogP contribution in [0, 0.1) is 0 Å². The highest BCUT2D eigenvalue weighted by atomic mass is 15.4. The quantitative estimate of drug-likeness (QED) is 0.777. The molecule has 0 aromatic carbocycles. The summed E-state index contributed by atoms with van der Waals surface area (Å²) < 4.78 is 1.83. The molecule has 0 saturated carbocycles. The summed E-state index contributed by atoms with van der Waals surface area (Å²) in [6, 6.07) is 4.18. The molecule has 84 valence electrons. The number of aromatic nitrogens is 3. The zero-order valence-corrected chi connectivity index (χ0v) is 9.13. The maximum absolute atomic E-state index is 4.01. The van der Waals surface area contributed by atoms with E-state index in [1.165, 1.54) is 5.56 Å². The van der Waals surface area contributed by atoms with E-state index in [9.17, 15) is 0 Å². The minimum atomic E-state index is 0.986. The van der Waals surface area contributed by atoms with Crippen molar-refractivity contribution in [2.24, 2.45) is 0 Å². The normalized spacial score (nSPS) is 18.0. The summed E-state index contributed by atoms with van der Waals surface area (Å²) in [5, 5.41) is 11.3. The van der Waals surface area contributed by atoms with Crippen molar-refractivity contribution in [1.29, 1.82) is 0 Å². The molecular weight excluding hydrogens is 202 g/mol. The lowest BCUT2D eigenvalue weighted by Gasteiger charge is -2.27. The number of hydrogen-bond donors (Lipinski definition) is 1. The molecule has 5 nitrogen and oxygen atoms in total. The van der Waals surface area contributed by atoms with Crippen LogP contribution in [0.4, 0.5) is 0 Å². The Kier molecular flexibility index (Phi) is 2.55. The topological polar surface area (TPSA) is 45.5 Å². The molecule has 1 N–H and O–H groups in total. The first-order chi connectivity index (χ1) is 7.93. The molecule has 0 atom stereocenters. The van der Waals surface area contributed by atoms with Crippen molar-refractivity contribution >= 4 is 5.52 Å². The van der Waals surface area contributed by atoms with E-state index in [-0.39, 0.29) is 0 Å². The van der Waals surface area contributed by atoms with Gasteiger partial charge in [0.2, 0.25) is 0 Å². The Morgan fingerprint density at radius 3 is 3.06 bits per heavy atom. The molecule has 0 spiro atoms. The zero-order chi connectivity index (χ0) is 10.8. The average Bonchev–Trinajstić information content (AvgIpc) is 2.80. The number of nitrogens with zero attached hydrogens (tertiary/aromatic N) is 4. The predicted molar refractivity (Wildman–Crippen MR) is 61.1 cm³/mol. The van der Waals surface area contributed by atoms with Gasteiger partial charge < -0.3 is 5.32 Å². The molecule has 0 aliphatic carbocycles. The number of hydrogen-bond acceptors (Lipinski definition) is 4. The predicted octanol–water partition coefficient (Wildman–Crippen LogP) is 0.134. The van der Waals surface area contributed by atoms with Crippen LogP contribution < -0.4 is 5.32 Å². The average molecular weight is 217 g/mol. The van der Waals surface area contributed by atoms with E-state index in [4.69, 9.17) is 0 Å². The molecule has 1 saturated heterocycles. The standard InChI is InChI=1S/C11H15N5/c1-2-10(9-15-6-3-12-4-7-15)11-8-13-14-16(11)5-1/h1-2,5,8,12H,3-4,6-7,9H2. The second-order valence-electron chi connectivity index (χ2n) is 4.12. The van der Waals surface area contributed by atoms with Crippen molar-refractivity contribution in [2.75, 3.05) is 26.2 Å². The van der Waals surface area contributed by atoms with Gasteiger partial charge in [0.1, 0.15) is 0 Å². The molecule has 5 heteroatoms. The van der Waals surface area contributed by atoms with Crippen LogP contribution in [0.15, 0.2) is 24.5 Å². The molecule has 0 amide bonds. The van der Waals surface area contributed by atoms with Crippen molar-refractivity contribution in [1.82, 2.24) is 25.0 Å². The van der Waals surface area contributed by atoms with Crippen LogP contribution in [0.1, 0.15) is 5.56 Å². The fraction of sp³-hybridized carbons (Fsp3) is 0.455. The maximum atomic E-state index is 4.01. The third-order valence-corrected chi connectivity index (χ3v) is 3.03. The van der Waals surface area contributed by atoms with Crippen LogP contribution >= 0.6 is 0 Å². The summed E-state index contributed by atoms with van der Waals surface area (Å²) in [5.41, 5.74) is 2.41. The van der Waals surface area contributed by atoms with E-state index in [2.05, 4.69) is 26.6 Å². The van der Waals surface area contributed by atoms with E-state index in [1.807, 2.05) is 23.0 Å². The minimum absolute atomic E-state index is 0.986. The zero-order valence-electron chi connectivity index (χ0n) is 9.13. The highest BCUT2D eigenvalue weighted by molar-refractivity contribution is 5.51. The summed E-state index contributed by atoms with van der Waals surface area (Å²) >= 11 is 0. The molecule has 0 bridgehead atoms. The number of piperazine rings is 1. The first kappa shape index (κ1) is 9.74. The van der Waals surface area contributed by atoms with Gasteiger partial charge in [-0.25, -0.2) is 4.52 Å². The second kappa shape index (κ2) is 4.19. The molecule has 3 heterocycles. The Labute approximate surface area is 94.1 Å². The Morgan fingerprint density at radius 2 is 2.19 bits per heavy atom. The Bertz CT molecular complexity index is 472. The van der Waals surface area contributed by atoms with Crippen LogP contribution in [-0.4, -0.2) is 45.9 Å². The Morgan fingerprint density at radius 1 is 1.31 bits per heavy atom. The van der Waals surface area contributed by atoms with Gasteiger partial charge in [0.15, 0.2) is 0 Å². The van der Waals surface area contributed by atoms with Crippen LogP contribution in [-0.2, 0) is 6.54 Å². The molecule has 0 radical (unpaired) electrons. The molecule has 1 aliphatic rings. The summed E-state index contributed by atoms with van der Waals surface area (Å²) in [6.07, 6.45) is 3.77. The molecule has 0 unspecified atom stereocenters. The lowest BCUT2D eigenvalue weighted by molar-refractivity contribution is 0.234. The Hall–Kier alpha value is -1.46.